The first kappa shape index (κ1) is 10.5. The Morgan fingerprint density at radius 1 is 1.57 bits per heavy atom. The van der Waals surface area contributed by atoms with Crippen LogP contribution in [0.1, 0.15) is 19.8 Å². The van der Waals surface area contributed by atoms with Gasteiger partial charge in [0, 0.05) is 12.8 Å². The smallest absolute Gasteiger partial charge is 0.241 e. The predicted octanol–water partition coefficient (Wildman–Crippen LogP) is 1.32. The van der Waals surface area contributed by atoms with Crippen molar-refractivity contribution in [3.05, 3.63) is 24.2 Å². The SMILES string of the molecule is C=CC(=O)C1=C(C)OC(CCC=O)O1. The number of ketones is 1. The van der Waals surface area contributed by atoms with Gasteiger partial charge in [0.25, 0.3) is 0 Å². The van der Waals surface area contributed by atoms with Gasteiger partial charge < -0.3 is 14.3 Å². The summed E-state index contributed by atoms with van der Waals surface area (Å²) in [5.74, 6) is 0.345. The highest BCUT2D eigenvalue weighted by Gasteiger charge is 2.27. The van der Waals surface area contributed by atoms with E-state index < -0.39 is 6.29 Å². The maximum Gasteiger partial charge on any atom is 0.241 e. The van der Waals surface area contributed by atoms with Crippen LogP contribution in [0, 0.1) is 0 Å². The quantitative estimate of drug-likeness (QED) is 0.491. The molecule has 0 aromatic carbocycles. The zero-order valence-electron chi connectivity index (χ0n) is 7.99. The fourth-order valence-corrected chi connectivity index (χ4v) is 1.14. The van der Waals surface area contributed by atoms with Crippen LogP contribution in [0.4, 0.5) is 0 Å². The lowest BCUT2D eigenvalue weighted by Crippen LogP contribution is -2.10. The molecule has 1 aliphatic heterocycles. The number of carbonyl (C=O) groups excluding carboxylic acids is 2. The average Bonchev–Trinajstić information content (AvgIpc) is 2.55. The van der Waals surface area contributed by atoms with Crippen molar-refractivity contribution in [3.63, 3.8) is 0 Å². The average molecular weight is 196 g/mol. The van der Waals surface area contributed by atoms with Gasteiger partial charge in [0.05, 0.1) is 0 Å². The van der Waals surface area contributed by atoms with E-state index in [0.717, 1.165) is 6.29 Å². The van der Waals surface area contributed by atoms with Gasteiger partial charge in [-0.25, -0.2) is 0 Å². The monoisotopic (exact) mass is 196 g/mol. The number of aldehydes is 1. The molecule has 1 rings (SSSR count). The van der Waals surface area contributed by atoms with Gasteiger partial charge in [0.15, 0.2) is 0 Å². The highest BCUT2D eigenvalue weighted by molar-refractivity contribution is 6.02. The van der Waals surface area contributed by atoms with Crippen LogP contribution >= 0.6 is 0 Å². The molecule has 0 saturated heterocycles. The Hall–Kier alpha value is -1.58. The summed E-state index contributed by atoms with van der Waals surface area (Å²) in [5, 5.41) is 0. The van der Waals surface area contributed by atoms with Crippen LogP contribution in [-0.4, -0.2) is 18.4 Å². The van der Waals surface area contributed by atoms with E-state index in [1.54, 1.807) is 6.92 Å². The second kappa shape index (κ2) is 4.60. The minimum atomic E-state index is -0.515. The molecule has 0 radical (unpaired) electrons. The Bertz CT molecular complexity index is 290. The molecule has 0 saturated carbocycles. The highest BCUT2D eigenvalue weighted by atomic mass is 16.7. The van der Waals surface area contributed by atoms with Gasteiger partial charge in [0.2, 0.25) is 17.8 Å². The van der Waals surface area contributed by atoms with Crippen LogP contribution in [0.3, 0.4) is 0 Å². The van der Waals surface area contributed by atoms with Crippen molar-refractivity contribution in [2.75, 3.05) is 0 Å². The molecule has 1 aliphatic rings. The second-order valence-electron chi connectivity index (χ2n) is 2.86. The van der Waals surface area contributed by atoms with Crippen molar-refractivity contribution in [2.45, 2.75) is 26.1 Å². The molecule has 0 aromatic rings. The summed E-state index contributed by atoms with van der Waals surface area (Å²) < 4.78 is 10.4. The maximum absolute atomic E-state index is 11.2. The Kier molecular flexibility index (Phi) is 3.45. The molecule has 1 atom stereocenters. The molecule has 0 aliphatic carbocycles. The van der Waals surface area contributed by atoms with Gasteiger partial charge in [-0.2, -0.15) is 0 Å². The van der Waals surface area contributed by atoms with E-state index in [4.69, 9.17) is 9.47 Å². The fourth-order valence-electron chi connectivity index (χ4n) is 1.14. The van der Waals surface area contributed by atoms with Crippen LogP contribution in [0.5, 0.6) is 0 Å². The summed E-state index contributed by atoms with van der Waals surface area (Å²) in [4.78, 5) is 21.3. The number of hydrogen-bond acceptors (Lipinski definition) is 4. The number of allylic oxidation sites excluding steroid dienone is 2. The third-order valence-electron chi connectivity index (χ3n) is 1.81. The van der Waals surface area contributed by atoms with Gasteiger partial charge in [0.1, 0.15) is 12.0 Å². The first-order valence-corrected chi connectivity index (χ1v) is 4.33. The zero-order chi connectivity index (χ0) is 10.6. The summed E-state index contributed by atoms with van der Waals surface area (Å²) in [6.07, 6.45) is 2.25. The van der Waals surface area contributed by atoms with Crippen LogP contribution in [-0.2, 0) is 19.1 Å². The molecule has 0 amide bonds. The molecule has 0 bridgehead atoms. The Morgan fingerprint density at radius 2 is 2.29 bits per heavy atom. The summed E-state index contributed by atoms with van der Waals surface area (Å²) in [7, 11) is 0. The second-order valence-corrected chi connectivity index (χ2v) is 2.86. The first-order valence-electron chi connectivity index (χ1n) is 4.33. The number of rotatable bonds is 5. The largest absolute Gasteiger partial charge is 0.456 e. The van der Waals surface area contributed by atoms with E-state index in [2.05, 4.69) is 6.58 Å². The van der Waals surface area contributed by atoms with Crippen LogP contribution in [0.2, 0.25) is 0 Å². The Balaban J connectivity index is 2.55. The third-order valence-corrected chi connectivity index (χ3v) is 1.81. The lowest BCUT2D eigenvalue weighted by molar-refractivity contribution is -0.117. The van der Waals surface area contributed by atoms with E-state index in [1.807, 2.05) is 0 Å². The van der Waals surface area contributed by atoms with Crippen molar-refractivity contribution in [1.82, 2.24) is 0 Å². The lowest BCUT2D eigenvalue weighted by atomic mass is 10.3. The molecular weight excluding hydrogens is 184 g/mol. The normalized spacial score (nSPS) is 19.9. The van der Waals surface area contributed by atoms with E-state index in [0.29, 0.717) is 18.6 Å². The summed E-state index contributed by atoms with van der Waals surface area (Å²) in [6.45, 7) is 5.00. The minimum absolute atomic E-state index is 0.191. The number of ether oxygens (including phenoxy) is 2. The molecule has 1 unspecified atom stereocenters. The molecule has 4 heteroatoms. The van der Waals surface area contributed by atoms with Gasteiger partial charge in [-0.1, -0.05) is 6.58 Å². The van der Waals surface area contributed by atoms with Gasteiger partial charge >= 0.3 is 0 Å². The van der Waals surface area contributed by atoms with Gasteiger partial charge in [-0.3, -0.25) is 4.79 Å². The third kappa shape index (κ3) is 2.22. The van der Waals surface area contributed by atoms with Crippen molar-refractivity contribution in [1.29, 1.82) is 0 Å². The van der Waals surface area contributed by atoms with E-state index in [1.165, 1.54) is 6.08 Å². The van der Waals surface area contributed by atoms with E-state index >= 15 is 0 Å². The molecule has 4 nitrogen and oxygen atoms in total. The maximum atomic E-state index is 11.2. The Morgan fingerprint density at radius 3 is 2.86 bits per heavy atom. The molecule has 14 heavy (non-hydrogen) atoms. The molecule has 0 spiro atoms. The molecule has 0 aromatic heterocycles. The molecule has 1 heterocycles. The molecule has 76 valence electrons. The zero-order valence-corrected chi connectivity index (χ0v) is 7.99. The highest BCUT2D eigenvalue weighted by Crippen LogP contribution is 2.24. The molecule has 0 N–H and O–H groups in total. The Labute approximate surface area is 82.2 Å². The molecule has 0 fully saturated rings. The van der Waals surface area contributed by atoms with Gasteiger partial charge in [-0.15, -0.1) is 0 Å². The van der Waals surface area contributed by atoms with E-state index in [9.17, 15) is 9.59 Å². The predicted molar refractivity (Wildman–Crippen MR) is 49.2 cm³/mol. The van der Waals surface area contributed by atoms with Crippen molar-refractivity contribution in [3.8, 4) is 0 Å². The van der Waals surface area contributed by atoms with Crippen LogP contribution in [0.25, 0.3) is 0 Å². The standard InChI is InChI=1S/C10H12O4/c1-3-8(12)10-7(2)13-9(14-10)5-4-6-11/h3,6,9H,1,4-5H2,2H3. The first-order chi connectivity index (χ1) is 6.69. The summed E-state index contributed by atoms with van der Waals surface area (Å²) in [5.41, 5.74) is 0. The van der Waals surface area contributed by atoms with Crippen LogP contribution < -0.4 is 0 Å². The van der Waals surface area contributed by atoms with E-state index in [-0.39, 0.29) is 11.5 Å². The van der Waals surface area contributed by atoms with Crippen molar-refractivity contribution in [2.24, 2.45) is 0 Å². The number of carbonyl (C=O) groups is 2. The van der Waals surface area contributed by atoms with Crippen LogP contribution in [0.15, 0.2) is 24.2 Å². The topological polar surface area (TPSA) is 52.6 Å². The van der Waals surface area contributed by atoms with Crippen molar-refractivity contribution < 1.29 is 19.1 Å². The van der Waals surface area contributed by atoms with Gasteiger partial charge in [-0.05, 0) is 13.0 Å². The summed E-state index contributed by atoms with van der Waals surface area (Å²) in [6, 6.07) is 0. The molecular formula is C10H12O4. The lowest BCUT2D eigenvalue weighted by Gasteiger charge is -2.08. The van der Waals surface area contributed by atoms with Crippen molar-refractivity contribution >= 4 is 12.1 Å². The minimum Gasteiger partial charge on any atom is -0.456 e. The number of hydrogen-bond donors (Lipinski definition) is 0. The summed E-state index contributed by atoms with van der Waals surface area (Å²) >= 11 is 0. The fraction of sp³-hybridized carbons (Fsp3) is 0.400.